The van der Waals surface area contributed by atoms with E-state index in [0.717, 1.165) is 35.0 Å². The molecule has 1 atom stereocenters. The van der Waals surface area contributed by atoms with Crippen LogP contribution in [0.15, 0.2) is 53.7 Å². The number of nitroso groups, excluding NO2 is 1. The van der Waals surface area contributed by atoms with Crippen molar-refractivity contribution in [3.63, 3.8) is 0 Å². The van der Waals surface area contributed by atoms with E-state index in [0.29, 0.717) is 12.0 Å². The quantitative estimate of drug-likeness (QED) is 0.684. The first-order chi connectivity index (χ1) is 12.3. The molecule has 3 aromatic rings. The molecule has 1 aliphatic carbocycles. The molecule has 0 saturated heterocycles. The minimum Gasteiger partial charge on any atom is -0.369 e. The third-order valence-corrected chi connectivity index (χ3v) is 5.22. The first kappa shape index (κ1) is 15.8. The van der Waals surface area contributed by atoms with Crippen molar-refractivity contribution in [1.82, 2.24) is 9.55 Å². The highest BCUT2D eigenvalue weighted by atomic mass is 16.3. The summed E-state index contributed by atoms with van der Waals surface area (Å²) in [6.07, 6.45) is 6.01. The largest absolute Gasteiger partial charge is 0.369 e. The summed E-state index contributed by atoms with van der Waals surface area (Å²) >= 11 is 0. The van der Waals surface area contributed by atoms with Crippen molar-refractivity contribution in [2.45, 2.75) is 44.2 Å². The molecule has 1 heterocycles. The Morgan fingerprint density at radius 1 is 1.04 bits per heavy atom. The van der Waals surface area contributed by atoms with Gasteiger partial charge < -0.3 is 10.3 Å². The number of nitrogens with zero attached hydrogens (tertiary/aromatic N) is 3. The Labute approximate surface area is 146 Å². The van der Waals surface area contributed by atoms with Gasteiger partial charge in [0.05, 0.1) is 11.0 Å². The Kier molecular flexibility index (Phi) is 4.22. The van der Waals surface area contributed by atoms with Crippen LogP contribution in [0.25, 0.3) is 11.0 Å². The molecule has 0 amide bonds. The monoisotopic (exact) mass is 334 g/mol. The normalized spacial score (nSPS) is 16.8. The number of imidazole rings is 1. The van der Waals surface area contributed by atoms with Crippen LogP contribution in [-0.2, 0) is 0 Å². The molecule has 1 unspecified atom stereocenters. The van der Waals surface area contributed by atoms with Gasteiger partial charge in [0.1, 0.15) is 6.04 Å². The SMILES string of the molecule is Nc1nc2ccc(C(N=O)c3ccccc3)cc2n1C1CCCCC1. The average molecular weight is 334 g/mol. The summed E-state index contributed by atoms with van der Waals surface area (Å²) in [7, 11) is 0. The number of rotatable bonds is 4. The lowest BCUT2D eigenvalue weighted by Gasteiger charge is -2.24. The van der Waals surface area contributed by atoms with Crippen LogP contribution in [0.2, 0.25) is 0 Å². The highest BCUT2D eigenvalue weighted by Gasteiger charge is 2.22. The fourth-order valence-corrected chi connectivity index (χ4v) is 3.97. The summed E-state index contributed by atoms with van der Waals surface area (Å²) in [5.41, 5.74) is 9.88. The summed E-state index contributed by atoms with van der Waals surface area (Å²) < 4.78 is 2.16. The molecule has 5 nitrogen and oxygen atoms in total. The molecule has 4 rings (SSSR count). The van der Waals surface area contributed by atoms with Crippen LogP contribution in [0.4, 0.5) is 5.95 Å². The van der Waals surface area contributed by atoms with E-state index in [-0.39, 0.29) is 0 Å². The van der Waals surface area contributed by atoms with Crippen LogP contribution >= 0.6 is 0 Å². The number of hydrogen-bond acceptors (Lipinski definition) is 4. The topological polar surface area (TPSA) is 73.3 Å². The van der Waals surface area contributed by atoms with Gasteiger partial charge >= 0.3 is 0 Å². The van der Waals surface area contributed by atoms with Crippen molar-refractivity contribution < 1.29 is 0 Å². The van der Waals surface area contributed by atoms with Crippen LogP contribution in [0, 0.1) is 4.91 Å². The zero-order valence-electron chi connectivity index (χ0n) is 14.1. The minimum atomic E-state index is -0.512. The molecule has 25 heavy (non-hydrogen) atoms. The van der Waals surface area contributed by atoms with Gasteiger partial charge in [-0.05, 0) is 36.1 Å². The molecule has 1 aliphatic rings. The Hall–Kier alpha value is -2.69. The first-order valence-corrected chi connectivity index (χ1v) is 8.92. The molecule has 2 aromatic carbocycles. The van der Waals surface area contributed by atoms with Gasteiger partial charge in [0.15, 0.2) is 0 Å². The Morgan fingerprint density at radius 3 is 2.52 bits per heavy atom. The van der Waals surface area contributed by atoms with Gasteiger partial charge in [-0.3, -0.25) is 0 Å². The molecule has 0 aliphatic heterocycles. The summed E-state index contributed by atoms with van der Waals surface area (Å²) in [4.78, 5) is 16.1. The van der Waals surface area contributed by atoms with E-state index >= 15 is 0 Å². The number of anilines is 1. The van der Waals surface area contributed by atoms with Crippen molar-refractivity contribution in [3.8, 4) is 0 Å². The maximum Gasteiger partial charge on any atom is 0.201 e. The molecule has 0 bridgehead atoms. The zero-order chi connectivity index (χ0) is 17.2. The molecule has 1 saturated carbocycles. The lowest BCUT2D eigenvalue weighted by molar-refractivity contribution is 0.363. The van der Waals surface area contributed by atoms with Crippen molar-refractivity contribution in [3.05, 3.63) is 64.6 Å². The summed E-state index contributed by atoms with van der Waals surface area (Å²) in [6, 6.07) is 15.5. The lowest BCUT2D eigenvalue weighted by Crippen LogP contribution is -2.15. The summed E-state index contributed by atoms with van der Waals surface area (Å²) in [5, 5.41) is 3.37. The molecule has 1 fully saturated rings. The summed E-state index contributed by atoms with van der Waals surface area (Å²) in [6.45, 7) is 0. The molecule has 128 valence electrons. The molecule has 0 spiro atoms. The van der Waals surface area contributed by atoms with Crippen LogP contribution < -0.4 is 5.73 Å². The smallest absolute Gasteiger partial charge is 0.201 e. The van der Waals surface area contributed by atoms with Crippen LogP contribution in [-0.4, -0.2) is 9.55 Å². The Balaban J connectivity index is 1.80. The second-order valence-corrected chi connectivity index (χ2v) is 6.80. The van der Waals surface area contributed by atoms with Gasteiger partial charge in [-0.25, -0.2) is 4.98 Å². The van der Waals surface area contributed by atoms with Crippen LogP contribution in [0.5, 0.6) is 0 Å². The molecule has 2 N–H and O–H groups in total. The maximum atomic E-state index is 11.5. The van der Waals surface area contributed by atoms with Gasteiger partial charge in [0.2, 0.25) is 5.95 Å². The van der Waals surface area contributed by atoms with Crippen molar-refractivity contribution >= 4 is 17.0 Å². The second-order valence-electron chi connectivity index (χ2n) is 6.80. The molecular formula is C20H22N4O. The van der Waals surface area contributed by atoms with E-state index in [1.54, 1.807) is 0 Å². The molecular weight excluding hydrogens is 312 g/mol. The number of nitrogen functional groups attached to an aromatic ring is 1. The number of nitrogens with two attached hydrogens (primary N) is 1. The van der Waals surface area contributed by atoms with Gasteiger partial charge in [-0.15, -0.1) is 4.91 Å². The Bertz CT molecular complexity index is 881. The molecule has 1 aromatic heterocycles. The van der Waals surface area contributed by atoms with Gasteiger partial charge in [0, 0.05) is 6.04 Å². The molecule has 5 heteroatoms. The highest BCUT2D eigenvalue weighted by molar-refractivity contribution is 5.79. The van der Waals surface area contributed by atoms with Crippen LogP contribution in [0.3, 0.4) is 0 Å². The van der Waals surface area contributed by atoms with Gasteiger partial charge in [-0.2, -0.15) is 0 Å². The van der Waals surface area contributed by atoms with Crippen molar-refractivity contribution in [2.75, 3.05) is 5.73 Å². The minimum absolute atomic E-state index is 0.397. The number of benzene rings is 2. The summed E-state index contributed by atoms with van der Waals surface area (Å²) in [5.74, 6) is 0.564. The van der Waals surface area contributed by atoms with Gasteiger partial charge in [0.25, 0.3) is 0 Å². The number of hydrogen-bond donors (Lipinski definition) is 1. The van der Waals surface area contributed by atoms with Crippen molar-refractivity contribution in [1.29, 1.82) is 0 Å². The second kappa shape index (κ2) is 6.67. The standard InChI is InChI=1S/C20H22N4O/c21-20-22-17-12-11-15(19(23-25)14-7-3-1-4-8-14)13-18(17)24(20)16-9-5-2-6-10-16/h1,3-4,7-8,11-13,16,19H,2,5-6,9-10H2,(H2,21,22). The average Bonchev–Trinajstić information content (AvgIpc) is 2.99. The van der Waals surface area contributed by atoms with E-state index in [4.69, 9.17) is 5.73 Å². The predicted molar refractivity (Wildman–Crippen MR) is 100 cm³/mol. The fourth-order valence-electron chi connectivity index (χ4n) is 3.97. The van der Waals surface area contributed by atoms with Crippen molar-refractivity contribution in [2.24, 2.45) is 5.18 Å². The molecule has 0 radical (unpaired) electrons. The van der Waals surface area contributed by atoms with Gasteiger partial charge in [-0.1, -0.05) is 60.8 Å². The predicted octanol–water partition coefficient (Wildman–Crippen LogP) is 4.98. The zero-order valence-corrected chi connectivity index (χ0v) is 14.1. The first-order valence-electron chi connectivity index (χ1n) is 8.92. The van der Waals surface area contributed by atoms with E-state index in [2.05, 4.69) is 14.7 Å². The Morgan fingerprint density at radius 2 is 1.80 bits per heavy atom. The highest BCUT2D eigenvalue weighted by Crippen LogP contribution is 2.35. The van der Waals surface area contributed by atoms with E-state index in [1.807, 2.05) is 48.5 Å². The van der Waals surface area contributed by atoms with E-state index < -0.39 is 6.04 Å². The fraction of sp³-hybridized carbons (Fsp3) is 0.350. The third kappa shape index (κ3) is 2.90. The number of fused-ring (bicyclic) bond motifs is 1. The van der Waals surface area contributed by atoms with Crippen LogP contribution in [0.1, 0.15) is 55.3 Å². The van der Waals surface area contributed by atoms with E-state index in [1.165, 1.54) is 19.3 Å². The third-order valence-electron chi connectivity index (χ3n) is 5.22. The van der Waals surface area contributed by atoms with E-state index in [9.17, 15) is 4.91 Å². The lowest BCUT2D eigenvalue weighted by atomic mass is 9.95. The maximum absolute atomic E-state index is 11.5. The number of aromatic nitrogens is 2.